The molecular formula is C15H20N4O2S. The fraction of sp³-hybridized carbons (Fsp3) is 0.600. The van der Waals surface area contributed by atoms with Crippen LogP contribution in [0, 0.1) is 12.8 Å². The first-order valence-corrected chi connectivity index (χ1v) is 8.37. The highest BCUT2D eigenvalue weighted by Gasteiger charge is 2.48. The number of nitrogens with one attached hydrogen (secondary N) is 1. The first kappa shape index (κ1) is 15.1. The maximum atomic E-state index is 12.4. The van der Waals surface area contributed by atoms with E-state index in [0.29, 0.717) is 30.8 Å². The summed E-state index contributed by atoms with van der Waals surface area (Å²) in [7, 11) is 1.76. The second kappa shape index (κ2) is 5.46. The van der Waals surface area contributed by atoms with Crippen LogP contribution in [-0.4, -0.2) is 40.1 Å². The average molecular weight is 320 g/mol. The Morgan fingerprint density at radius 1 is 1.41 bits per heavy atom. The van der Waals surface area contributed by atoms with Crippen molar-refractivity contribution in [3.8, 4) is 0 Å². The van der Waals surface area contributed by atoms with E-state index < -0.39 is 5.54 Å². The molecule has 2 amide bonds. The number of rotatable bonds is 2. The van der Waals surface area contributed by atoms with Gasteiger partial charge in [0.1, 0.15) is 11.4 Å². The first-order valence-electron chi connectivity index (χ1n) is 7.49. The number of likely N-dealkylation sites (N-methyl/N-ethyl adjacent to an activating group) is 1. The van der Waals surface area contributed by atoms with E-state index in [1.165, 1.54) is 11.3 Å². The third-order valence-corrected chi connectivity index (χ3v) is 5.47. The lowest BCUT2D eigenvalue weighted by atomic mass is 9.76. The number of carbonyl (C=O) groups is 2. The molecular weight excluding hydrogens is 300 g/mol. The number of carbonyl (C=O) groups excluding carboxylic acids is 2. The number of hydrogen-bond acceptors (Lipinski definition) is 5. The summed E-state index contributed by atoms with van der Waals surface area (Å²) >= 11 is 1.44. The lowest BCUT2D eigenvalue weighted by molar-refractivity contribution is -0.133. The van der Waals surface area contributed by atoms with E-state index >= 15 is 0 Å². The third-order valence-electron chi connectivity index (χ3n) is 4.60. The summed E-state index contributed by atoms with van der Waals surface area (Å²) < 4.78 is 0. The molecule has 1 saturated carbocycles. The van der Waals surface area contributed by atoms with Gasteiger partial charge in [0.05, 0.1) is 5.69 Å². The summed E-state index contributed by atoms with van der Waals surface area (Å²) in [5.41, 5.74) is 0.292. The van der Waals surface area contributed by atoms with Crippen molar-refractivity contribution in [2.24, 2.45) is 10.9 Å². The van der Waals surface area contributed by atoms with Crippen LogP contribution in [0.1, 0.15) is 38.3 Å². The second-order valence-corrected chi connectivity index (χ2v) is 6.97. The van der Waals surface area contributed by atoms with E-state index in [0.717, 1.165) is 11.5 Å². The lowest BCUT2D eigenvalue weighted by Crippen LogP contribution is -2.44. The predicted octanol–water partition coefficient (Wildman–Crippen LogP) is 2.21. The molecule has 1 aliphatic heterocycles. The van der Waals surface area contributed by atoms with Crippen LogP contribution in [0.15, 0.2) is 10.4 Å². The Morgan fingerprint density at radius 3 is 2.59 bits per heavy atom. The van der Waals surface area contributed by atoms with Gasteiger partial charge in [-0.2, -0.15) is 0 Å². The Balaban J connectivity index is 1.62. The van der Waals surface area contributed by atoms with E-state index in [1.54, 1.807) is 11.9 Å². The zero-order valence-electron chi connectivity index (χ0n) is 13.0. The molecule has 0 aromatic carbocycles. The van der Waals surface area contributed by atoms with Gasteiger partial charge >= 0.3 is 0 Å². The monoisotopic (exact) mass is 320 g/mol. The minimum atomic E-state index is -0.618. The molecule has 7 heteroatoms. The normalized spacial score (nSPS) is 28.1. The summed E-state index contributed by atoms with van der Waals surface area (Å²) in [5, 5.41) is 5.44. The first-order chi connectivity index (χ1) is 10.4. The molecule has 0 atom stereocenters. The quantitative estimate of drug-likeness (QED) is 0.908. The largest absolute Gasteiger partial charge is 0.302 e. The number of amides is 2. The minimum absolute atomic E-state index is 0.00343. The summed E-state index contributed by atoms with van der Waals surface area (Å²) in [4.78, 5) is 35.1. The highest BCUT2D eigenvalue weighted by molar-refractivity contribution is 7.13. The molecule has 1 fully saturated rings. The van der Waals surface area contributed by atoms with Crippen molar-refractivity contribution >= 4 is 34.1 Å². The standard InChI is InChI=1S/C15H20N4O2S/c1-9-8-22-14(16-9)17-12(20)11-4-6-15(7-5-11)13(21)19(3)10(2)18-15/h8,11H,4-7H2,1-3H3,(H,16,17,20). The van der Waals surface area contributed by atoms with Crippen molar-refractivity contribution in [2.45, 2.75) is 45.1 Å². The van der Waals surface area contributed by atoms with E-state index in [1.807, 2.05) is 19.2 Å². The molecule has 2 aliphatic rings. The Hall–Kier alpha value is -1.76. The van der Waals surface area contributed by atoms with Gasteiger partial charge in [-0.15, -0.1) is 11.3 Å². The molecule has 1 N–H and O–H groups in total. The van der Waals surface area contributed by atoms with E-state index in [-0.39, 0.29) is 17.7 Å². The lowest BCUT2D eigenvalue weighted by Gasteiger charge is -2.32. The van der Waals surface area contributed by atoms with Crippen LogP contribution < -0.4 is 5.32 Å². The number of nitrogens with zero attached hydrogens (tertiary/aromatic N) is 3. The van der Waals surface area contributed by atoms with Gasteiger partial charge in [-0.25, -0.2) is 4.98 Å². The van der Waals surface area contributed by atoms with Crippen LogP contribution >= 0.6 is 11.3 Å². The Labute approximate surface area is 133 Å². The van der Waals surface area contributed by atoms with E-state index in [4.69, 9.17) is 0 Å². The molecule has 1 aromatic heterocycles. The fourth-order valence-corrected chi connectivity index (χ4v) is 3.88. The molecule has 3 rings (SSSR count). The average Bonchev–Trinajstić information content (AvgIpc) is 2.98. The number of aromatic nitrogens is 1. The molecule has 1 spiro atoms. The zero-order chi connectivity index (χ0) is 15.9. The second-order valence-electron chi connectivity index (χ2n) is 6.11. The summed E-state index contributed by atoms with van der Waals surface area (Å²) in [6, 6.07) is 0. The van der Waals surface area contributed by atoms with Crippen molar-refractivity contribution < 1.29 is 9.59 Å². The van der Waals surface area contributed by atoms with Crippen molar-refractivity contribution in [1.29, 1.82) is 0 Å². The minimum Gasteiger partial charge on any atom is -0.302 e. The Bertz CT molecular complexity index is 644. The SMILES string of the molecule is CC1=NC2(CCC(C(=O)Nc3nc(C)cs3)CC2)C(=O)N1C. The highest BCUT2D eigenvalue weighted by Crippen LogP contribution is 2.39. The summed E-state index contributed by atoms with van der Waals surface area (Å²) in [6.07, 6.45) is 2.66. The highest BCUT2D eigenvalue weighted by atomic mass is 32.1. The molecule has 0 saturated heterocycles. The number of hydrogen-bond donors (Lipinski definition) is 1. The van der Waals surface area contributed by atoms with Gasteiger partial charge in [-0.1, -0.05) is 0 Å². The summed E-state index contributed by atoms with van der Waals surface area (Å²) in [6.45, 7) is 3.76. The van der Waals surface area contributed by atoms with Gasteiger partial charge < -0.3 is 10.2 Å². The Morgan fingerprint density at radius 2 is 2.09 bits per heavy atom. The zero-order valence-corrected chi connectivity index (χ0v) is 13.9. The third kappa shape index (κ3) is 2.54. The van der Waals surface area contributed by atoms with Gasteiger partial charge in [0.2, 0.25) is 5.91 Å². The number of aryl methyl sites for hydroxylation is 1. The molecule has 1 aromatic rings. The van der Waals surface area contributed by atoms with Crippen molar-refractivity contribution in [3.63, 3.8) is 0 Å². The molecule has 118 valence electrons. The molecule has 0 unspecified atom stereocenters. The molecule has 6 nitrogen and oxygen atoms in total. The van der Waals surface area contributed by atoms with Crippen molar-refractivity contribution in [1.82, 2.24) is 9.88 Å². The molecule has 1 aliphatic carbocycles. The number of anilines is 1. The van der Waals surface area contributed by atoms with Crippen LogP contribution in [0.3, 0.4) is 0 Å². The predicted molar refractivity (Wildman–Crippen MR) is 86.0 cm³/mol. The Kier molecular flexibility index (Phi) is 3.76. The van der Waals surface area contributed by atoms with Crippen molar-refractivity contribution in [2.75, 3.05) is 12.4 Å². The van der Waals surface area contributed by atoms with Crippen LogP contribution in [-0.2, 0) is 9.59 Å². The number of thiazole rings is 1. The smallest absolute Gasteiger partial charge is 0.255 e. The maximum absolute atomic E-state index is 12.4. The van der Waals surface area contributed by atoms with Gasteiger partial charge in [0, 0.05) is 18.3 Å². The maximum Gasteiger partial charge on any atom is 0.255 e. The summed E-state index contributed by atoms with van der Waals surface area (Å²) in [5.74, 6) is 0.776. The van der Waals surface area contributed by atoms with Crippen LogP contribution in [0.2, 0.25) is 0 Å². The fourth-order valence-electron chi connectivity index (χ4n) is 3.19. The van der Waals surface area contributed by atoms with E-state index in [9.17, 15) is 9.59 Å². The van der Waals surface area contributed by atoms with Gasteiger partial charge in [-0.05, 0) is 39.5 Å². The number of amidine groups is 1. The number of aliphatic imine (C=N–C) groups is 1. The molecule has 0 bridgehead atoms. The van der Waals surface area contributed by atoms with Crippen LogP contribution in [0.4, 0.5) is 5.13 Å². The molecule has 0 radical (unpaired) electrons. The molecule has 22 heavy (non-hydrogen) atoms. The van der Waals surface area contributed by atoms with Crippen molar-refractivity contribution in [3.05, 3.63) is 11.1 Å². The van der Waals surface area contributed by atoms with E-state index in [2.05, 4.69) is 15.3 Å². The van der Waals surface area contributed by atoms with Crippen LogP contribution in [0.25, 0.3) is 0 Å². The molecule has 2 heterocycles. The van der Waals surface area contributed by atoms with Crippen LogP contribution in [0.5, 0.6) is 0 Å². The topological polar surface area (TPSA) is 74.7 Å². The van der Waals surface area contributed by atoms with Gasteiger partial charge in [-0.3, -0.25) is 14.6 Å². The van der Waals surface area contributed by atoms with Gasteiger partial charge in [0.15, 0.2) is 5.13 Å². The van der Waals surface area contributed by atoms with Gasteiger partial charge in [0.25, 0.3) is 5.91 Å².